The molecule has 0 radical (unpaired) electrons. The first kappa shape index (κ1) is 25.9. The van der Waals surface area contributed by atoms with Gasteiger partial charge in [-0.15, -0.1) is 11.3 Å². The Morgan fingerprint density at radius 1 is 1.25 bits per heavy atom. The fourth-order valence-corrected chi connectivity index (χ4v) is 4.74. The van der Waals surface area contributed by atoms with Crippen LogP contribution in [0.25, 0.3) is 21.5 Å². The number of hydrogen-bond donors (Lipinski definition) is 0. The van der Waals surface area contributed by atoms with Crippen molar-refractivity contribution in [2.75, 3.05) is 6.61 Å². The van der Waals surface area contributed by atoms with E-state index in [1.54, 1.807) is 19.4 Å². The standard InChI is InChI=1S/C27H28N2O5S2/c1-5-32-24(30)14-19-8-6-7-9-23(19)34-16-18-12-20-10-11-33-25(20)22(13-18)26-29-21(17-35-26)15-28-36(31)27(2,3)4/h6-13,15,17H,5,14,16H2,1-4H3. The molecule has 0 fully saturated rings. The number of carbonyl (C=O) groups is 1. The van der Waals surface area contributed by atoms with Crippen molar-refractivity contribution in [1.82, 2.24) is 4.98 Å². The quantitative estimate of drug-likeness (QED) is 0.149. The minimum atomic E-state index is -1.35. The lowest BCUT2D eigenvalue weighted by molar-refractivity contribution is -0.142. The Labute approximate surface area is 217 Å². The molecule has 9 heteroatoms. The van der Waals surface area contributed by atoms with E-state index < -0.39 is 16.1 Å². The number of furan rings is 1. The van der Waals surface area contributed by atoms with Gasteiger partial charge in [-0.2, -0.15) is 0 Å². The number of fused-ring (bicyclic) bond motifs is 1. The van der Waals surface area contributed by atoms with Crippen LogP contribution in [-0.4, -0.2) is 33.1 Å². The summed E-state index contributed by atoms with van der Waals surface area (Å²) >= 11 is 0.113. The summed E-state index contributed by atoms with van der Waals surface area (Å²) in [4.78, 5) is 16.6. The Morgan fingerprint density at radius 3 is 2.83 bits per heavy atom. The summed E-state index contributed by atoms with van der Waals surface area (Å²) in [5, 5.41) is 3.58. The molecular formula is C27H28N2O5S2. The molecule has 0 N–H and O–H groups in total. The molecule has 7 nitrogen and oxygen atoms in total. The summed E-state index contributed by atoms with van der Waals surface area (Å²) in [7, 11) is 0. The molecule has 1 unspecified atom stereocenters. The van der Waals surface area contributed by atoms with Crippen molar-refractivity contribution in [2.24, 2.45) is 4.40 Å². The van der Waals surface area contributed by atoms with Crippen molar-refractivity contribution in [1.29, 1.82) is 0 Å². The number of nitrogens with zero attached hydrogens (tertiary/aromatic N) is 2. The third kappa shape index (κ3) is 6.34. The molecule has 2 heterocycles. The number of para-hydroxylation sites is 1. The Balaban J connectivity index is 1.56. The van der Waals surface area contributed by atoms with Crippen molar-refractivity contribution in [3.05, 3.63) is 70.9 Å². The summed E-state index contributed by atoms with van der Waals surface area (Å²) in [5.74, 6) is 0.351. The average Bonchev–Trinajstić information content (AvgIpc) is 3.50. The van der Waals surface area contributed by atoms with Crippen LogP contribution >= 0.6 is 11.3 Å². The summed E-state index contributed by atoms with van der Waals surface area (Å²) in [6.07, 6.45) is 3.35. The van der Waals surface area contributed by atoms with Gasteiger partial charge in [-0.25, -0.2) is 4.98 Å². The average molecular weight is 525 g/mol. The number of carbonyl (C=O) groups excluding carboxylic acids is 1. The first-order chi connectivity index (χ1) is 17.2. The molecule has 188 valence electrons. The Kier molecular flexibility index (Phi) is 8.13. The van der Waals surface area contributed by atoms with Crippen molar-refractivity contribution in [3.63, 3.8) is 0 Å². The van der Waals surface area contributed by atoms with E-state index in [1.807, 2.05) is 68.6 Å². The maximum atomic E-state index is 12.2. The van der Waals surface area contributed by atoms with Crippen LogP contribution in [0.3, 0.4) is 0 Å². The molecule has 0 bridgehead atoms. The van der Waals surface area contributed by atoms with E-state index in [-0.39, 0.29) is 12.4 Å². The van der Waals surface area contributed by atoms with E-state index in [4.69, 9.17) is 13.9 Å². The highest BCUT2D eigenvalue weighted by Gasteiger charge is 2.26. The van der Waals surface area contributed by atoms with Gasteiger partial charge in [0.25, 0.3) is 0 Å². The Hall–Kier alpha value is -3.14. The molecule has 4 aromatic rings. The zero-order valence-electron chi connectivity index (χ0n) is 20.6. The predicted molar refractivity (Wildman–Crippen MR) is 144 cm³/mol. The van der Waals surface area contributed by atoms with Crippen LogP contribution in [0.2, 0.25) is 0 Å². The zero-order chi connectivity index (χ0) is 25.7. The molecule has 0 aliphatic rings. The fourth-order valence-electron chi connectivity index (χ4n) is 3.43. The highest BCUT2D eigenvalue weighted by molar-refractivity contribution is 7.91. The second-order valence-corrected chi connectivity index (χ2v) is 11.8. The van der Waals surface area contributed by atoms with Crippen LogP contribution < -0.4 is 4.74 Å². The molecule has 4 rings (SSSR count). The number of benzene rings is 2. The largest absolute Gasteiger partial charge is 0.591 e. The van der Waals surface area contributed by atoms with Gasteiger partial charge in [0, 0.05) is 16.3 Å². The first-order valence-electron chi connectivity index (χ1n) is 11.5. The van der Waals surface area contributed by atoms with Gasteiger partial charge in [-0.3, -0.25) is 4.79 Å². The van der Waals surface area contributed by atoms with Crippen LogP contribution in [0.5, 0.6) is 5.75 Å². The molecule has 1 atom stereocenters. The van der Waals surface area contributed by atoms with Crippen LogP contribution in [0.4, 0.5) is 0 Å². The third-order valence-corrected chi connectivity index (χ3v) is 7.41. The molecule has 36 heavy (non-hydrogen) atoms. The van der Waals surface area contributed by atoms with E-state index in [2.05, 4.69) is 9.38 Å². The number of thiazole rings is 1. The molecule has 2 aromatic carbocycles. The summed E-state index contributed by atoms with van der Waals surface area (Å²) in [5.41, 5.74) is 3.93. The van der Waals surface area contributed by atoms with Gasteiger partial charge >= 0.3 is 5.97 Å². The molecule has 0 aliphatic heterocycles. The second-order valence-electron chi connectivity index (χ2n) is 9.03. The lowest BCUT2D eigenvalue weighted by atomic mass is 10.1. The number of aromatic nitrogens is 1. The predicted octanol–water partition coefficient (Wildman–Crippen LogP) is 6.12. The number of esters is 1. The van der Waals surface area contributed by atoms with Crippen LogP contribution in [-0.2, 0) is 33.9 Å². The second kappa shape index (κ2) is 11.3. The van der Waals surface area contributed by atoms with Gasteiger partial charge in [0.15, 0.2) is 0 Å². The SMILES string of the molecule is CCOC(=O)Cc1ccccc1OCc1cc(-c2nc(C=N[S+]([O-])C(C)(C)C)cs2)c2occc2c1. The maximum Gasteiger partial charge on any atom is 0.310 e. The van der Waals surface area contributed by atoms with Crippen LogP contribution in [0, 0.1) is 0 Å². The number of hydrogen-bond acceptors (Lipinski definition) is 8. The minimum absolute atomic E-state index is 0.152. The molecule has 0 saturated carbocycles. The smallest absolute Gasteiger partial charge is 0.310 e. The van der Waals surface area contributed by atoms with E-state index in [0.29, 0.717) is 24.7 Å². The van der Waals surface area contributed by atoms with Gasteiger partial charge in [0.1, 0.15) is 45.3 Å². The lowest BCUT2D eigenvalue weighted by Gasteiger charge is -2.17. The molecule has 0 amide bonds. The van der Waals surface area contributed by atoms with Crippen molar-refractivity contribution in [3.8, 4) is 16.3 Å². The lowest BCUT2D eigenvalue weighted by Crippen LogP contribution is -2.25. The van der Waals surface area contributed by atoms with Gasteiger partial charge < -0.3 is 18.4 Å². The topological polar surface area (TPSA) is 97.0 Å². The third-order valence-electron chi connectivity index (χ3n) is 5.17. The monoisotopic (exact) mass is 524 g/mol. The Morgan fingerprint density at radius 2 is 2.06 bits per heavy atom. The number of rotatable bonds is 9. The zero-order valence-corrected chi connectivity index (χ0v) is 22.3. The van der Waals surface area contributed by atoms with Crippen molar-refractivity contribution >= 4 is 45.9 Å². The fraction of sp³-hybridized carbons (Fsp3) is 0.296. The van der Waals surface area contributed by atoms with Crippen LogP contribution in [0.1, 0.15) is 44.5 Å². The van der Waals surface area contributed by atoms with Gasteiger partial charge in [-0.1, -0.05) is 22.6 Å². The minimum Gasteiger partial charge on any atom is -0.591 e. The van der Waals surface area contributed by atoms with Gasteiger partial charge in [0.05, 0.1) is 30.5 Å². The highest BCUT2D eigenvalue weighted by atomic mass is 32.2. The summed E-state index contributed by atoms with van der Waals surface area (Å²) < 4.78 is 32.9. The summed E-state index contributed by atoms with van der Waals surface area (Å²) in [6, 6.07) is 13.4. The summed E-state index contributed by atoms with van der Waals surface area (Å²) in [6.45, 7) is 8.07. The van der Waals surface area contributed by atoms with E-state index in [9.17, 15) is 9.35 Å². The van der Waals surface area contributed by atoms with Crippen molar-refractivity contribution in [2.45, 2.75) is 45.5 Å². The number of ether oxygens (including phenoxy) is 2. The maximum absolute atomic E-state index is 12.2. The van der Waals surface area contributed by atoms with E-state index in [0.717, 1.165) is 32.7 Å². The Bertz CT molecular complexity index is 1370. The first-order valence-corrected chi connectivity index (χ1v) is 13.5. The van der Waals surface area contributed by atoms with Gasteiger partial charge in [0.2, 0.25) is 0 Å². The normalized spacial score (nSPS) is 12.8. The molecule has 0 spiro atoms. The molecule has 0 saturated heterocycles. The molecule has 2 aromatic heterocycles. The van der Waals surface area contributed by atoms with E-state index >= 15 is 0 Å². The molecular weight excluding hydrogens is 496 g/mol. The highest BCUT2D eigenvalue weighted by Crippen LogP contribution is 2.33. The van der Waals surface area contributed by atoms with Crippen LogP contribution in [0.15, 0.2) is 62.9 Å². The van der Waals surface area contributed by atoms with Gasteiger partial charge in [-0.05, 0) is 57.5 Å². The molecule has 0 aliphatic carbocycles. The van der Waals surface area contributed by atoms with Crippen molar-refractivity contribution < 1.29 is 23.2 Å². The van der Waals surface area contributed by atoms with E-state index in [1.165, 1.54) is 11.3 Å².